The van der Waals surface area contributed by atoms with Gasteiger partial charge in [-0.3, -0.25) is 9.69 Å². The molecule has 1 fully saturated rings. The largest absolute Gasteiger partial charge is 0.370 e. The van der Waals surface area contributed by atoms with E-state index in [0.29, 0.717) is 6.54 Å². The average molecular weight is 292 g/mol. The molecule has 4 nitrogen and oxygen atoms in total. The summed E-state index contributed by atoms with van der Waals surface area (Å²) < 4.78 is 8.09. The molecule has 1 aromatic rings. The van der Waals surface area contributed by atoms with Gasteiger partial charge >= 0.3 is 0 Å². The van der Waals surface area contributed by atoms with Crippen LogP contribution in [0, 0.1) is 13.8 Å². The van der Waals surface area contributed by atoms with Crippen molar-refractivity contribution in [3.05, 3.63) is 23.0 Å². The summed E-state index contributed by atoms with van der Waals surface area (Å²) in [5.41, 5.74) is 2.93. The summed E-state index contributed by atoms with van der Waals surface area (Å²) in [7, 11) is 0. The van der Waals surface area contributed by atoms with Gasteiger partial charge in [-0.2, -0.15) is 0 Å². The van der Waals surface area contributed by atoms with Gasteiger partial charge in [-0.25, -0.2) is 0 Å². The molecule has 1 aliphatic rings. The number of hydrogen-bond donors (Lipinski definition) is 0. The van der Waals surface area contributed by atoms with Crippen LogP contribution >= 0.6 is 0 Å². The van der Waals surface area contributed by atoms with E-state index in [2.05, 4.69) is 44.1 Å². The highest BCUT2D eigenvalue weighted by Gasteiger charge is 2.32. The number of rotatable bonds is 4. The first-order chi connectivity index (χ1) is 9.73. The molecule has 0 aromatic carbocycles. The van der Waals surface area contributed by atoms with Crippen molar-refractivity contribution in [3.63, 3.8) is 0 Å². The molecule has 0 bridgehead atoms. The number of morpholine rings is 1. The number of ketones is 1. The Morgan fingerprint density at radius 2 is 2.10 bits per heavy atom. The molecule has 0 saturated carbocycles. The topological polar surface area (TPSA) is 34.5 Å². The Balaban J connectivity index is 2.11. The monoisotopic (exact) mass is 292 g/mol. The normalized spacial score (nSPS) is 22.5. The summed E-state index contributed by atoms with van der Waals surface area (Å²) in [5.74, 6) is 0.215. The number of carbonyl (C=O) groups is 1. The van der Waals surface area contributed by atoms with Crippen molar-refractivity contribution in [3.8, 4) is 0 Å². The third kappa shape index (κ3) is 3.55. The van der Waals surface area contributed by atoms with E-state index in [-0.39, 0.29) is 17.5 Å². The first-order valence-corrected chi connectivity index (χ1v) is 7.83. The molecular formula is C17H28N2O2. The van der Waals surface area contributed by atoms with Crippen LogP contribution in [-0.2, 0) is 11.3 Å². The molecule has 4 heteroatoms. The lowest BCUT2D eigenvalue weighted by Gasteiger charge is -2.41. The Bertz CT molecular complexity index is 531. The zero-order chi connectivity index (χ0) is 15.8. The van der Waals surface area contributed by atoms with E-state index >= 15 is 0 Å². The van der Waals surface area contributed by atoms with E-state index in [1.807, 2.05) is 13.0 Å². The van der Waals surface area contributed by atoms with Crippen molar-refractivity contribution in [1.82, 2.24) is 9.47 Å². The zero-order valence-corrected chi connectivity index (χ0v) is 14.2. The van der Waals surface area contributed by atoms with Crippen molar-refractivity contribution < 1.29 is 9.53 Å². The van der Waals surface area contributed by atoms with E-state index in [9.17, 15) is 4.79 Å². The Hall–Kier alpha value is -1.13. The molecule has 1 aliphatic heterocycles. The third-order valence-corrected chi connectivity index (χ3v) is 4.20. The molecule has 0 aliphatic carbocycles. The lowest BCUT2D eigenvalue weighted by atomic mass is 10.0. The third-order valence-electron chi connectivity index (χ3n) is 4.20. The minimum Gasteiger partial charge on any atom is -0.370 e. The highest BCUT2D eigenvalue weighted by atomic mass is 16.5. The molecule has 118 valence electrons. The minimum absolute atomic E-state index is 0.171. The zero-order valence-electron chi connectivity index (χ0n) is 14.2. The van der Waals surface area contributed by atoms with Crippen molar-refractivity contribution >= 4 is 5.78 Å². The molecule has 2 heterocycles. The van der Waals surface area contributed by atoms with Crippen molar-refractivity contribution in [2.24, 2.45) is 0 Å². The van der Waals surface area contributed by atoms with Crippen LogP contribution in [0.5, 0.6) is 0 Å². The van der Waals surface area contributed by atoms with Crippen LogP contribution in [-0.4, -0.2) is 46.6 Å². The second-order valence-electron chi connectivity index (χ2n) is 6.81. The van der Waals surface area contributed by atoms with Crippen LogP contribution in [0.4, 0.5) is 0 Å². The summed E-state index contributed by atoms with van der Waals surface area (Å²) in [4.78, 5) is 14.9. The number of aryl methyl sites for hydroxylation is 1. The van der Waals surface area contributed by atoms with Gasteiger partial charge in [-0.15, -0.1) is 0 Å². The van der Waals surface area contributed by atoms with Gasteiger partial charge in [0, 0.05) is 36.6 Å². The number of carbonyl (C=O) groups excluding carboxylic acids is 1. The highest BCUT2D eigenvalue weighted by molar-refractivity contribution is 5.99. The molecule has 0 N–H and O–H groups in total. The van der Waals surface area contributed by atoms with E-state index in [1.54, 1.807) is 0 Å². The first-order valence-electron chi connectivity index (χ1n) is 7.83. The summed E-state index contributed by atoms with van der Waals surface area (Å²) in [6.07, 6.45) is 0.171. The van der Waals surface area contributed by atoms with Gasteiger partial charge in [0.05, 0.1) is 18.2 Å². The predicted octanol–water partition coefficient (Wildman–Crippen LogP) is 2.81. The summed E-state index contributed by atoms with van der Waals surface area (Å²) in [6.45, 7) is 15.5. The second-order valence-corrected chi connectivity index (χ2v) is 6.81. The fraction of sp³-hybridized carbons (Fsp3) is 0.706. The van der Waals surface area contributed by atoms with E-state index in [4.69, 9.17) is 4.74 Å². The van der Waals surface area contributed by atoms with Gasteiger partial charge < -0.3 is 9.30 Å². The average Bonchev–Trinajstić information content (AvgIpc) is 2.61. The predicted molar refractivity (Wildman–Crippen MR) is 85.0 cm³/mol. The van der Waals surface area contributed by atoms with Crippen LogP contribution in [0.1, 0.15) is 49.4 Å². The molecule has 1 unspecified atom stereocenters. The maximum atomic E-state index is 12.6. The minimum atomic E-state index is -0.182. The summed E-state index contributed by atoms with van der Waals surface area (Å²) in [5, 5.41) is 0. The van der Waals surface area contributed by atoms with Gasteiger partial charge in [0.25, 0.3) is 0 Å². The van der Waals surface area contributed by atoms with E-state index in [1.165, 1.54) is 0 Å². The number of nitrogens with zero attached hydrogens (tertiary/aromatic N) is 2. The van der Waals surface area contributed by atoms with Gasteiger partial charge in [-0.1, -0.05) is 0 Å². The molecule has 1 atom stereocenters. The van der Waals surface area contributed by atoms with Gasteiger partial charge in [-0.05, 0) is 47.6 Å². The van der Waals surface area contributed by atoms with Crippen LogP contribution in [0.25, 0.3) is 0 Å². The fourth-order valence-electron chi connectivity index (χ4n) is 3.56. The number of Topliss-reactive ketones (excluding diaryl/α,β-unsaturated/α-hetero) is 1. The Kier molecular flexibility index (Phi) is 4.59. The second kappa shape index (κ2) is 5.93. The van der Waals surface area contributed by atoms with Crippen molar-refractivity contribution in [2.45, 2.75) is 59.8 Å². The Morgan fingerprint density at radius 3 is 2.62 bits per heavy atom. The lowest BCUT2D eigenvalue weighted by Crippen LogP contribution is -2.53. The number of hydrogen-bond acceptors (Lipinski definition) is 3. The maximum Gasteiger partial charge on any atom is 0.178 e. The highest BCUT2D eigenvalue weighted by Crippen LogP contribution is 2.22. The number of aromatic nitrogens is 1. The van der Waals surface area contributed by atoms with E-state index in [0.717, 1.165) is 36.6 Å². The standard InChI is InChI=1S/C17H28N2O2/c1-7-19-12(2)8-15(14(19)4)16(20)10-18-9-13(3)21-17(5,6)11-18/h8,13H,7,9-11H2,1-6H3. The van der Waals surface area contributed by atoms with Crippen LogP contribution in [0.15, 0.2) is 6.07 Å². The smallest absolute Gasteiger partial charge is 0.178 e. The lowest BCUT2D eigenvalue weighted by molar-refractivity contribution is -0.126. The van der Waals surface area contributed by atoms with Crippen LogP contribution in [0.3, 0.4) is 0 Å². The molecule has 0 amide bonds. The Morgan fingerprint density at radius 1 is 1.43 bits per heavy atom. The molecule has 0 spiro atoms. The van der Waals surface area contributed by atoms with E-state index < -0.39 is 0 Å². The molecule has 0 radical (unpaired) electrons. The molecule has 1 aromatic heterocycles. The fourth-order valence-corrected chi connectivity index (χ4v) is 3.56. The van der Waals surface area contributed by atoms with Gasteiger partial charge in [0.1, 0.15) is 0 Å². The molecule has 2 rings (SSSR count). The van der Waals surface area contributed by atoms with Crippen LogP contribution < -0.4 is 0 Å². The SMILES string of the molecule is CCn1c(C)cc(C(=O)CN2CC(C)OC(C)(C)C2)c1C. The maximum absolute atomic E-state index is 12.6. The van der Waals surface area contributed by atoms with Gasteiger partial charge in [0.15, 0.2) is 5.78 Å². The van der Waals surface area contributed by atoms with Crippen LogP contribution in [0.2, 0.25) is 0 Å². The number of ether oxygens (including phenoxy) is 1. The van der Waals surface area contributed by atoms with Gasteiger partial charge in [0.2, 0.25) is 0 Å². The van der Waals surface area contributed by atoms with Crippen molar-refractivity contribution in [2.75, 3.05) is 19.6 Å². The molecule has 1 saturated heterocycles. The first kappa shape index (κ1) is 16.2. The van der Waals surface area contributed by atoms with Crippen molar-refractivity contribution in [1.29, 1.82) is 0 Å². The summed E-state index contributed by atoms with van der Waals surface area (Å²) >= 11 is 0. The molecule has 21 heavy (non-hydrogen) atoms. The molecular weight excluding hydrogens is 264 g/mol. The quantitative estimate of drug-likeness (QED) is 0.800. The summed E-state index contributed by atoms with van der Waals surface area (Å²) in [6, 6.07) is 2.02. The Labute approximate surface area is 128 Å².